The highest BCUT2D eigenvalue weighted by Gasteiger charge is 2.31. The molecule has 0 radical (unpaired) electrons. The van der Waals surface area contributed by atoms with E-state index < -0.39 is 30.2 Å². The molecule has 2 rings (SSSR count). The van der Waals surface area contributed by atoms with Crippen molar-refractivity contribution >= 4 is 17.6 Å². The molecule has 162 valence electrons. The van der Waals surface area contributed by atoms with Crippen LogP contribution in [0.25, 0.3) is 0 Å². The van der Waals surface area contributed by atoms with Gasteiger partial charge in [-0.1, -0.05) is 19.3 Å². The normalized spacial score (nSPS) is 15.0. The number of carbonyl (C=O) groups excluding carboxylic acids is 2. The number of nitrogens with one attached hydrogen (secondary N) is 1. The summed E-state index contributed by atoms with van der Waals surface area (Å²) in [5, 5.41) is 2.33. The first-order valence-electron chi connectivity index (χ1n) is 9.58. The van der Waals surface area contributed by atoms with Crippen LogP contribution in [0.2, 0.25) is 0 Å². The quantitative estimate of drug-likeness (QED) is 0.482. The summed E-state index contributed by atoms with van der Waals surface area (Å²) in [6.07, 6.45) is 0.944. The summed E-state index contributed by atoms with van der Waals surface area (Å²) in [5.41, 5.74) is -1.08. The monoisotopic (exact) mass is 417 g/mol. The lowest BCUT2D eigenvalue weighted by molar-refractivity contribution is -0.148. The minimum atomic E-state index is -4.57. The fourth-order valence-corrected chi connectivity index (χ4v) is 3.18. The Hall–Kier alpha value is -2.29. The van der Waals surface area contributed by atoms with E-state index in [1.54, 1.807) is 0 Å². The number of amides is 1. The Balaban J connectivity index is 1.94. The number of hydrogen-bond acceptors (Lipinski definition) is 5. The van der Waals surface area contributed by atoms with Gasteiger partial charge in [0.25, 0.3) is 5.91 Å². The molecule has 0 aromatic heterocycles. The third kappa shape index (κ3) is 7.92. The standard InChI is InChI=1S/C20H26F3NO5/c1-27-9-10-28-17-8-7-15(20(21,22)23)12-16(17)24-18(25)13-29-19(26)11-14-5-3-2-4-6-14/h7-8,12,14H,2-6,9-11,13H2,1H3,(H,24,25). The molecular formula is C20H26F3NO5. The number of carbonyl (C=O) groups is 2. The number of rotatable bonds is 9. The van der Waals surface area contributed by atoms with Crippen molar-refractivity contribution in [3.8, 4) is 5.75 Å². The minimum absolute atomic E-state index is 0.0666. The number of benzene rings is 1. The van der Waals surface area contributed by atoms with Crippen LogP contribution in [0.15, 0.2) is 18.2 Å². The summed E-state index contributed by atoms with van der Waals surface area (Å²) in [6.45, 7) is -0.242. The van der Waals surface area contributed by atoms with Gasteiger partial charge in [0.2, 0.25) is 0 Å². The van der Waals surface area contributed by atoms with Gasteiger partial charge in [0.15, 0.2) is 6.61 Å². The molecule has 0 bridgehead atoms. The zero-order valence-corrected chi connectivity index (χ0v) is 16.3. The lowest BCUT2D eigenvalue weighted by Gasteiger charge is -2.20. The molecule has 0 saturated heterocycles. The Bertz CT molecular complexity index is 687. The van der Waals surface area contributed by atoms with Crippen molar-refractivity contribution in [1.82, 2.24) is 0 Å². The molecule has 0 spiro atoms. The second kappa shape index (κ2) is 11.0. The van der Waals surface area contributed by atoms with Gasteiger partial charge in [-0.05, 0) is 37.0 Å². The van der Waals surface area contributed by atoms with E-state index in [-0.39, 0.29) is 37.0 Å². The van der Waals surface area contributed by atoms with Crippen molar-refractivity contribution in [2.75, 3.05) is 32.2 Å². The molecule has 1 aromatic rings. The molecule has 1 amide bonds. The van der Waals surface area contributed by atoms with E-state index in [4.69, 9.17) is 14.2 Å². The van der Waals surface area contributed by atoms with Crippen LogP contribution in [0, 0.1) is 5.92 Å². The van der Waals surface area contributed by atoms with Gasteiger partial charge in [-0.3, -0.25) is 9.59 Å². The molecule has 0 aliphatic heterocycles. The molecule has 6 nitrogen and oxygen atoms in total. The molecule has 0 unspecified atom stereocenters. The summed E-state index contributed by atoms with van der Waals surface area (Å²) in [7, 11) is 1.46. The van der Waals surface area contributed by atoms with E-state index in [0.29, 0.717) is 0 Å². The Labute approximate surface area is 167 Å². The first-order valence-corrected chi connectivity index (χ1v) is 9.58. The molecule has 1 aromatic carbocycles. The zero-order chi connectivity index (χ0) is 21.3. The van der Waals surface area contributed by atoms with Crippen LogP contribution >= 0.6 is 0 Å². The van der Waals surface area contributed by atoms with Gasteiger partial charge in [0.1, 0.15) is 12.4 Å². The number of ether oxygens (including phenoxy) is 3. The van der Waals surface area contributed by atoms with Crippen molar-refractivity contribution in [2.24, 2.45) is 5.92 Å². The summed E-state index contributed by atoms with van der Waals surface area (Å²) in [4.78, 5) is 24.0. The topological polar surface area (TPSA) is 73.9 Å². The first-order chi connectivity index (χ1) is 13.8. The maximum Gasteiger partial charge on any atom is 0.416 e. The van der Waals surface area contributed by atoms with Crippen molar-refractivity contribution in [1.29, 1.82) is 0 Å². The Morgan fingerprint density at radius 3 is 2.52 bits per heavy atom. The van der Waals surface area contributed by atoms with Gasteiger partial charge in [-0.25, -0.2) is 0 Å². The minimum Gasteiger partial charge on any atom is -0.489 e. The largest absolute Gasteiger partial charge is 0.489 e. The average molecular weight is 417 g/mol. The van der Waals surface area contributed by atoms with E-state index in [2.05, 4.69) is 5.32 Å². The van der Waals surface area contributed by atoms with Crippen molar-refractivity contribution in [3.63, 3.8) is 0 Å². The van der Waals surface area contributed by atoms with E-state index in [1.165, 1.54) is 13.5 Å². The lowest BCUT2D eigenvalue weighted by atomic mass is 9.87. The van der Waals surface area contributed by atoms with Gasteiger partial charge in [0, 0.05) is 13.5 Å². The summed E-state index contributed by atoms with van der Waals surface area (Å²) < 4.78 is 54.1. The molecule has 9 heteroatoms. The molecule has 29 heavy (non-hydrogen) atoms. The zero-order valence-electron chi connectivity index (χ0n) is 16.3. The van der Waals surface area contributed by atoms with Gasteiger partial charge in [-0.15, -0.1) is 0 Å². The smallest absolute Gasteiger partial charge is 0.416 e. The Morgan fingerprint density at radius 2 is 1.86 bits per heavy atom. The van der Waals surface area contributed by atoms with Gasteiger partial charge >= 0.3 is 12.1 Å². The fourth-order valence-electron chi connectivity index (χ4n) is 3.18. The Morgan fingerprint density at radius 1 is 1.14 bits per heavy atom. The van der Waals surface area contributed by atoms with E-state index in [1.807, 2.05) is 0 Å². The highest BCUT2D eigenvalue weighted by molar-refractivity contribution is 5.94. The van der Waals surface area contributed by atoms with Gasteiger partial charge in [0.05, 0.1) is 17.9 Å². The summed E-state index contributed by atoms with van der Waals surface area (Å²) in [6, 6.07) is 2.77. The van der Waals surface area contributed by atoms with Crippen molar-refractivity contribution in [2.45, 2.75) is 44.7 Å². The van der Waals surface area contributed by atoms with Crippen LogP contribution in [0.3, 0.4) is 0 Å². The molecule has 1 aliphatic rings. The number of hydrogen-bond donors (Lipinski definition) is 1. The maximum atomic E-state index is 13.0. The maximum absolute atomic E-state index is 13.0. The second-order valence-electron chi connectivity index (χ2n) is 6.97. The van der Waals surface area contributed by atoms with Crippen LogP contribution in [-0.4, -0.2) is 38.8 Å². The molecule has 0 heterocycles. The summed E-state index contributed by atoms with van der Waals surface area (Å²) in [5.74, 6) is -0.883. The van der Waals surface area contributed by atoms with E-state index >= 15 is 0 Å². The van der Waals surface area contributed by atoms with Crippen LogP contribution in [-0.2, 0) is 25.2 Å². The second-order valence-corrected chi connectivity index (χ2v) is 6.97. The van der Waals surface area contributed by atoms with Crippen molar-refractivity contribution in [3.05, 3.63) is 23.8 Å². The van der Waals surface area contributed by atoms with Crippen LogP contribution in [0.4, 0.5) is 18.9 Å². The van der Waals surface area contributed by atoms with E-state index in [9.17, 15) is 22.8 Å². The number of esters is 1. The average Bonchev–Trinajstić information content (AvgIpc) is 2.67. The molecule has 0 atom stereocenters. The van der Waals surface area contributed by atoms with Crippen molar-refractivity contribution < 1.29 is 37.0 Å². The van der Waals surface area contributed by atoms with Crippen LogP contribution in [0.5, 0.6) is 5.75 Å². The third-order valence-corrected chi connectivity index (χ3v) is 4.67. The van der Waals surface area contributed by atoms with E-state index in [0.717, 1.165) is 43.9 Å². The summed E-state index contributed by atoms with van der Waals surface area (Å²) >= 11 is 0. The predicted molar refractivity (Wildman–Crippen MR) is 99.6 cm³/mol. The van der Waals surface area contributed by atoms with Crippen LogP contribution in [0.1, 0.15) is 44.1 Å². The number of anilines is 1. The SMILES string of the molecule is COCCOc1ccc(C(F)(F)F)cc1NC(=O)COC(=O)CC1CCCCC1. The third-order valence-electron chi connectivity index (χ3n) is 4.67. The predicted octanol–water partition coefficient (Wildman–Crippen LogP) is 4.18. The Kier molecular flexibility index (Phi) is 8.75. The number of halogens is 3. The first kappa shape index (κ1) is 23.0. The number of alkyl halides is 3. The molecule has 1 N–H and O–H groups in total. The van der Waals surface area contributed by atoms with Crippen LogP contribution < -0.4 is 10.1 Å². The molecular weight excluding hydrogens is 391 g/mol. The van der Waals surface area contributed by atoms with Gasteiger partial charge in [-0.2, -0.15) is 13.2 Å². The molecule has 1 saturated carbocycles. The number of methoxy groups -OCH3 is 1. The molecule has 1 aliphatic carbocycles. The highest BCUT2D eigenvalue weighted by Crippen LogP contribution is 2.35. The van der Waals surface area contributed by atoms with Gasteiger partial charge < -0.3 is 19.5 Å². The molecule has 1 fully saturated rings. The highest BCUT2D eigenvalue weighted by atomic mass is 19.4. The fraction of sp³-hybridized carbons (Fsp3) is 0.600. The lowest BCUT2D eigenvalue weighted by Crippen LogP contribution is -2.23.